The summed E-state index contributed by atoms with van der Waals surface area (Å²) in [5, 5.41) is 3.57. The van der Waals surface area contributed by atoms with Gasteiger partial charge >= 0.3 is 0 Å². The van der Waals surface area contributed by atoms with Crippen molar-refractivity contribution in [2.24, 2.45) is 0 Å². The van der Waals surface area contributed by atoms with E-state index in [1.165, 1.54) is 30.6 Å². The zero-order chi connectivity index (χ0) is 13.0. The first kappa shape index (κ1) is 11.7. The number of fused-ring (bicyclic) bond motifs is 2. The van der Waals surface area contributed by atoms with E-state index in [1.54, 1.807) is 5.56 Å². The summed E-state index contributed by atoms with van der Waals surface area (Å²) in [6.45, 7) is 6.84. The lowest BCUT2D eigenvalue weighted by molar-refractivity contribution is 0.576. The van der Waals surface area contributed by atoms with Gasteiger partial charge in [-0.1, -0.05) is 13.8 Å². The summed E-state index contributed by atoms with van der Waals surface area (Å²) in [6.07, 6.45) is 6.19. The number of piperazine rings is 1. The fourth-order valence-electron chi connectivity index (χ4n) is 3.70. The minimum absolute atomic E-state index is 0.592. The van der Waals surface area contributed by atoms with Crippen molar-refractivity contribution in [1.82, 2.24) is 10.3 Å². The summed E-state index contributed by atoms with van der Waals surface area (Å²) < 4.78 is 0. The van der Waals surface area contributed by atoms with Gasteiger partial charge in [0.25, 0.3) is 0 Å². The number of hydrogen-bond acceptors (Lipinski definition) is 3. The standard InChI is InChI=1S/C16H23N3/c1-10(2)15-8-18-16(6-14(15)11-3-4-11)19-9-12-5-13(19)7-17-12/h6,8,10-13,17H,3-5,7,9H2,1-2H3/t12-,13-/m1/s1. The second kappa shape index (κ2) is 4.20. The second-order valence-electron chi connectivity index (χ2n) is 6.75. The van der Waals surface area contributed by atoms with E-state index in [0.717, 1.165) is 19.0 Å². The maximum absolute atomic E-state index is 4.77. The van der Waals surface area contributed by atoms with Crippen molar-refractivity contribution < 1.29 is 0 Å². The van der Waals surface area contributed by atoms with Gasteiger partial charge in [0.1, 0.15) is 5.82 Å². The van der Waals surface area contributed by atoms with E-state index in [2.05, 4.69) is 36.3 Å². The van der Waals surface area contributed by atoms with Gasteiger partial charge in [-0.25, -0.2) is 4.98 Å². The normalized spacial score (nSPS) is 29.5. The van der Waals surface area contributed by atoms with Crippen LogP contribution in [0, 0.1) is 0 Å². The first-order valence-electron chi connectivity index (χ1n) is 7.72. The molecule has 0 amide bonds. The molecule has 2 atom stereocenters. The van der Waals surface area contributed by atoms with Crippen LogP contribution >= 0.6 is 0 Å². The van der Waals surface area contributed by atoms with E-state index >= 15 is 0 Å². The quantitative estimate of drug-likeness (QED) is 0.902. The van der Waals surface area contributed by atoms with Gasteiger partial charge in [0.2, 0.25) is 0 Å². The number of nitrogens with one attached hydrogen (secondary N) is 1. The Bertz CT molecular complexity index is 493. The van der Waals surface area contributed by atoms with Crippen molar-refractivity contribution in [1.29, 1.82) is 0 Å². The number of hydrogen-bond donors (Lipinski definition) is 1. The lowest BCUT2D eigenvalue weighted by Gasteiger charge is -2.29. The van der Waals surface area contributed by atoms with Crippen molar-refractivity contribution in [2.45, 2.75) is 57.0 Å². The highest BCUT2D eigenvalue weighted by atomic mass is 15.3. The Hall–Kier alpha value is -1.09. The van der Waals surface area contributed by atoms with Gasteiger partial charge in [-0.15, -0.1) is 0 Å². The van der Waals surface area contributed by atoms with Gasteiger partial charge in [-0.2, -0.15) is 0 Å². The summed E-state index contributed by atoms with van der Waals surface area (Å²) >= 11 is 0. The molecular formula is C16H23N3. The first-order valence-corrected chi connectivity index (χ1v) is 7.72. The molecule has 1 aliphatic carbocycles. The number of anilines is 1. The van der Waals surface area contributed by atoms with Gasteiger partial charge in [0, 0.05) is 31.4 Å². The Morgan fingerprint density at radius 2 is 2.21 bits per heavy atom. The van der Waals surface area contributed by atoms with Crippen LogP contribution < -0.4 is 10.2 Å². The summed E-state index contributed by atoms with van der Waals surface area (Å²) in [4.78, 5) is 7.29. The van der Waals surface area contributed by atoms with Crippen LogP contribution in [0.5, 0.6) is 0 Å². The molecule has 102 valence electrons. The average Bonchev–Trinajstić information content (AvgIpc) is 3.05. The van der Waals surface area contributed by atoms with Crippen LogP contribution in [-0.4, -0.2) is 30.2 Å². The van der Waals surface area contributed by atoms with Crippen LogP contribution in [0.4, 0.5) is 5.82 Å². The minimum atomic E-state index is 0.592. The van der Waals surface area contributed by atoms with Crippen LogP contribution in [-0.2, 0) is 0 Å². The fourth-order valence-corrected chi connectivity index (χ4v) is 3.70. The van der Waals surface area contributed by atoms with E-state index in [-0.39, 0.29) is 0 Å². The molecule has 3 heteroatoms. The molecule has 4 rings (SSSR count). The number of nitrogens with zero attached hydrogens (tertiary/aromatic N) is 2. The highest BCUT2D eigenvalue weighted by Crippen LogP contribution is 2.44. The monoisotopic (exact) mass is 257 g/mol. The molecule has 19 heavy (non-hydrogen) atoms. The van der Waals surface area contributed by atoms with Gasteiger partial charge in [-0.05, 0) is 48.3 Å². The molecule has 3 aliphatic rings. The Balaban J connectivity index is 1.68. The van der Waals surface area contributed by atoms with E-state index in [0.29, 0.717) is 18.0 Å². The third-order valence-corrected chi connectivity index (χ3v) is 4.94. The van der Waals surface area contributed by atoms with Crippen LogP contribution in [0.2, 0.25) is 0 Å². The van der Waals surface area contributed by atoms with Gasteiger partial charge in [0.15, 0.2) is 0 Å². The fraction of sp³-hybridized carbons (Fsp3) is 0.688. The molecule has 2 saturated heterocycles. The van der Waals surface area contributed by atoms with E-state index in [1.807, 2.05) is 0 Å². The smallest absolute Gasteiger partial charge is 0.129 e. The number of rotatable bonds is 3. The van der Waals surface area contributed by atoms with Crippen LogP contribution in [0.25, 0.3) is 0 Å². The van der Waals surface area contributed by atoms with E-state index in [4.69, 9.17) is 4.98 Å². The van der Waals surface area contributed by atoms with Gasteiger partial charge < -0.3 is 10.2 Å². The van der Waals surface area contributed by atoms with Crippen molar-refractivity contribution in [3.05, 3.63) is 23.4 Å². The van der Waals surface area contributed by atoms with Crippen LogP contribution in [0.3, 0.4) is 0 Å². The third kappa shape index (κ3) is 1.95. The highest BCUT2D eigenvalue weighted by molar-refractivity contribution is 5.49. The zero-order valence-corrected chi connectivity index (χ0v) is 11.9. The average molecular weight is 257 g/mol. The summed E-state index contributed by atoms with van der Waals surface area (Å²) in [5.74, 6) is 2.63. The molecular weight excluding hydrogens is 234 g/mol. The number of aromatic nitrogens is 1. The molecule has 0 spiro atoms. The molecule has 3 nitrogen and oxygen atoms in total. The Labute approximate surface area is 115 Å². The first-order chi connectivity index (χ1) is 9.22. The number of pyridine rings is 1. The maximum atomic E-state index is 4.77. The van der Waals surface area contributed by atoms with Crippen LogP contribution in [0.1, 0.15) is 56.1 Å². The topological polar surface area (TPSA) is 28.2 Å². The summed E-state index contributed by atoms with van der Waals surface area (Å²) in [7, 11) is 0. The van der Waals surface area contributed by atoms with Crippen molar-refractivity contribution in [3.63, 3.8) is 0 Å². The molecule has 1 saturated carbocycles. The van der Waals surface area contributed by atoms with Gasteiger partial charge in [0.05, 0.1) is 0 Å². The van der Waals surface area contributed by atoms with Gasteiger partial charge in [-0.3, -0.25) is 0 Å². The molecule has 2 bridgehead atoms. The molecule has 0 radical (unpaired) electrons. The molecule has 0 unspecified atom stereocenters. The molecule has 3 fully saturated rings. The molecule has 3 heterocycles. The molecule has 2 aliphatic heterocycles. The largest absolute Gasteiger partial charge is 0.351 e. The highest BCUT2D eigenvalue weighted by Gasteiger charge is 2.38. The maximum Gasteiger partial charge on any atom is 0.129 e. The van der Waals surface area contributed by atoms with E-state index in [9.17, 15) is 0 Å². The summed E-state index contributed by atoms with van der Waals surface area (Å²) in [5.41, 5.74) is 3.05. The van der Waals surface area contributed by atoms with Crippen molar-refractivity contribution >= 4 is 5.82 Å². The zero-order valence-electron chi connectivity index (χ0n) is 11.9. The molecule has 1 aromatic heterocycles. The van der Waals surface area contributed by atoms with Crippen LogP contribution in [0.15, 0.2) is 12.3 Å². The second-order valence-corrected chi connectivity index (χ2v) is 6.75. The SMILES string of the molecule is CC(C)c1cnc(N2C[C@H]3C[C@@H]2CN3)cc1C1CC1. The molecule has 1 aromatic rings. The Kier molecular flexibility index (Phi) is 2.59. The lowest BCUT2D eigenvalue weighted by Crippen LogP contribution is -2.44. The van der Waals surface area contributed by atoms with Crippen molar-refractivity contribution in [2.75, 3.05) is 18.0 Å². The minimum Gasteiger partial charge on any atom is -0.351 e. The predicted molar refractivity (Wildman–Crippen MR) is 77.8 cm³/mol. The molecule has 1 N–H and O–H groups in total. The Morgan fingerprint density at radius 3 is 2.79 bits per heavy atom. The Morgan fingerprint density at radius 1 is 1.37 bits per heavy atom. The van der Waals surface area contributed by atoms with Crippen molar-refractivity contribution in [3.8, 4) is 0 Å². The van der Waals surface area contributed by atoms with E-state index < -0.39 is 0 Å². The summed E-state index contributed by atoms with van der Waals surface area (Å²) in [6, 6.07) is 3.77. The predicted octanol–water partition coefficient (Wildman–Crippen LogP) is 2.63. The third-order valence-electron chi connectivity index (χ3n) is 4.94. The lowest BCUT2D eigenvalue weighted by atomic mass is 9.96. The molecule has 0 aromatic carbocycles.